The number of aryl methyl sites for hydroxylation is 1. The Balaban J connectivity index is 2.01. The Kier molecular flexibility index (Phi) is 2.98. The van der Waals surface area contributed by atoms with E-state index in [4.69, 9.17) is 12.2 Å². The maximum Gasteiger partial charge on any atom is 0.169 e. The van der Waals surface area contributed by atoms with E-state index in [0.29, 0.717) is 0 Å². The molecule has 0 aliphatic carbocycles. The van der Waals surface area contributed by atoms with Gasteiger partial charge in [0.05, 0.1) is 17.8 Å². The van der Waals surface area contributed by atoms with Crippen LogP contribution in [0.2, 0.25) is 0 Å². The van der Waals surface area contributed by atoms with Gasteiger partial charge < -0.3 is 14.8 Å². The second-order valence-electron chi connectivity index (χ2n) is 4.85. The van der Waals surface area contributed by atoms with Crippen LogP contribution in [-0.2, 0) is 7.05 Å². The summed E-state index contributed by atoms with van der Waals surface area (Å²) >= 11 is 5.38. The summed E-state index contributed by atoms with van der Waals surface area (Å²) in [7, 11) is 4.05. The highest BCUT2D eigenvalue weighted by Gasteiger charge is 2.37. The van der Waals surface area contributed by atoms with Gasteiger partial charge in [-0.2, -0.15) is 0 Å². The topological polar surface area (TPSA) is 33.1 Å². The number of nitrogens with zero attached hydrogens (tertiary/aromatic N) is 3. The average molecular weight is 272 g/mol. The first-order chi connectivity index (χ1) is 9.16. The summed E-state index contributed by atoms with van der Waals surface area (Å²) in [5, 5.41) is 4.13. The van der Waals surface area contributed by atoms with Gasteiger partial charge in [0.25, 0.3) is 0 Å². The Morgan fingerprint density at radius 3 is 2.74 bits per heavy atom. The first kappa shape index (κ1) is 12.2. The number of pyridine rings is 1. The lowest BCUT2D eigenvalue weighted by molar-refractivity contribution is 0.368. The van der Waals surface area contributed by atoms with E-state index in [1.54, 1.807) is 0 Å². The predicted molar refractivity (Wildman–Crippen MR) is 78.6 cm³/mol. The molecule has 5 heteroatoms. The normalized spacial score (nSPS) is 22.6. The van der Waals surface area contributed by atoms with Crippen LogP contribution >= 0.6 is 12.2 Å². The lowest BCUT2D eigenvalue weighted by Crippen LogP contribution is -2.24. The molecule has 1 fully saturated rings. The van der Waals surface area contributed by atoms with Gasteiger partial charge in [-0.15, -0.1) is 0 Å². The molecule has 0 amide bonds. The number of hydrogen-bond acceptors (Lipinski definition) is 2. The van der Waals surface area contributed by atoms with E-state index in [1.807, 2.05) is 38.5 Å². The molecule has 19 heavy (non-hydrogen) atoms. The van der Waals surface area contributed by atoms with E-state index in [0.717, 1.165) is 10.8 Å². The maximum atomic E-state index is 5.38. The van der Waals surface area contributed by atoms with Crippen LogP contribution in [0.1, 0.15) is 23.3 Å². The minimum atomic E-state index is 0.0982. The molecule has 1 saturated heterocycles. The third-order valence-corrected chi connectivity index (χ3v) is 3.94. The van der Waals surface area contributed by atoms with Crippen molar-refractivity contribution in [1.29, 1.82) is 0 Å². The Bertz CT molecular complexity index is 593. The van der Waals surface area contributed by atoms with Crippen LogP contribution in [0.15, 0.2) is 42.9 Å². The van der Waals surface area contributed by atoms with Crippen LogP contribution < -0.4 is 5.32 Å². The first-order valence-corrected chi connectivity index (χ1v) is 6.64. The standard InChI is InChI=1S/C14H16N4S/c1-17-8-6-10(9-17)13-12(16-14(19)18(13)2)11-5-3-4-7-15-11/h3-9,12-13H,1-2H3,(H,16,19)/t12-,13-/m1/s1. The summed E-state index contributed by atoms with van der Waals surface area (Å²) < 4.78 is 2.06. The first-order valence-electron chi connectivity index (χ1n) is 6.23. The summed E-state index contributed by atoms with van der Waals surface area (Å²) in [5.41, 5.74) is 2.26. The van der Waals surface area contributed by atoms with Gasteiger partial charge >= 0.3 is 0 Å². The summed E-state index contributed by atoms with van der Waals surface area (Å²) in [6.45, 7) is 0. The average Bonchev–Trinajstić information content (AvgIpc) is 2.96. The molecule has 1 aliphatic rings. The Morgan fingerprint density at radius 2 is 2.11 bits per heavy atom. The largest absolute Gasteiger partial charge is 0.357 e. The highest BCUT2D eigenvalue weighted by Crippen LogP contribution is 2.37. The van der Waals surface area contributed by atoms with Crippen molar-refractivity contribution in [3.05, 3.63) is 54.1 Å². The van der Waals surface area contributed by atoms with E-state index < -0.39 is 0 Å². The van der Waals surface area contributed by atoms with Gasteiger partial charge in [0.1, 0.15) is 0 Å². The molecule has 1 aliphatic heterocycles. The highest BCUT2D eigenvalue weighted by molar-refractivity contribution is 7.80. The van der Waals surface area contributed by atoms with Crippen molar-refractivity contribution in [2.75, 3.05) is 7.05 Å². The molecule has 0 unspecified atom stereocenters. The molecule has 0 bridgehead atoms. The molecular weight excluding hydrogens is 256 g/mol. The van der Waals surface area contributed by atoms with E-state index >= 15 is 0 Å². The number of aromatic nitrogens is 2. The zero-order chi connectivity index (χ0) is 13.4. The van der Waals surface area contributed by atoms with Crippen molar-refractivity contribution in [3.63, 3.8) is 0 Å². The molecule has 98 valence electrons. The maximum absolute atomic E-state index is 5.38. The summed E-state index contributed by atoms with van der Waals surface area (Å²) in [6.07, 6.45) is 6.01. The molecule has 0 radical (unpaired) electrons. The molecule has 2 atom stereocenters. The van der Waals surface area contributed by atoms with E-state index in [1.165, 1.54) is 5.56 Å². The minimum absolute atomic E-state index is 0.0982. The number of rotatable bonds is 2. The third-order valence-electron chi connectivity index (χ3n) is 3.54. The van der Waals surface area contributed by atoms with Gasteiger partial charge in [0.15, 0.2) is 5.11 Å². The highest BCUT2D eigenvalue weighted by atomic mass is 32.1. The number of nitrogens with one attached hydrogen (secondary N) is 1. The van der Waals surface area contributed by atoms with Gasteiger partial charge in [0, 0.05) is 32.7 Å². The fourth-order valence-electron chi connectivity index (χ4n) is 2.58. The smallest absolute Gasteiger partial charge is 0.169 e. The zero-order valence-corrected chi connectivity index (χ0v) is 11.8. The SMILES string of the molecule is CN1C(=S)N[C@H](c2ccccn2)[C@H]1c1ccn(C)c1. The number of hydrogen-bond donors (Lipinski definition) is 1. The Hall–Kier alpha value is -1.88. The van der Waals surface area contributed by atoms with Crippen molar-refractivity contribution >= 4 is 17.3 Å². The van der Waals surface area contributed by atoms with Crippen LogP contribution in [0.25, 0.3) is 0 Å². The predicted octanol–water partition coefficient (Wildman–Crippen LogP) is 2.02. The molecule has 1 N–H and O–H groups in total. The zero-order valence-electron chi connectivity index (χ0n) is 10.9. The van der Waals surface area contributed by atoms with E-state index in [2.05, 4.69) is 38.2 Å². The molecule has 0 saturated carbocycles. The monoisotopic (exact) mass is 272 g/mol. The molecule has 0 spiro atoms. The molecule has 4 nitrogen and oxygen atoms in total. The van der Waals surface area contributed by atoms with Crippen LogP contribution in [0.5, 0.6) is 0 Å². The fraction of sp³-hybridized carbons (Fsp3) is 0.286. The third kappa shape index (κ3) is 2.10. The van der Waals surface area contributed by atoms with Crippen LogP contribution in [-0.4, -0.2) is 26.6 Å². The van der Waals surface area contributed by atoms with Gasteiger partial charge in [-0.1, -0.05) is 6.07 Å². The lowest BCUT2D eigenvalue weighted by atomic mass is 10.00. The minimum Gasteiger partial charge on any atom is -0.357 e. The number of thiocarbonyl (C=S) groups is 1. The van der Waals surface area contributed by atoms with Crippen LogP contribution in [0, 0.1) is 0 Å². The molecule has 3 heterocycles. The van der Waals surface area contributed by atoms with Crippen molar-refractivity contribution in [2.24, 2.45) is 7.05 Å². The van der Waals surface area contributed by atoms with Gasteiger partial charge in [0.2, 0.25) is 0 Å². The molecule has 2 aromatic heterocycles. The van der Waals surface area contributed by atoms with Gasteiger partial charge in [-0.3, -0.25) is 4.98 Å². The van der Waals surface area contributed by atoms with E-state index in [9.17, 15) is 0 Å². The van der Waals surface area contributed by atoms with Crippen LogP contribution in [0.4, 0.5) is 0 Å². The van der Waals surface area contributed by atoms with Crippen molar-refractivity contribution in [2.45, 2.75) is 12.1 Å². The Morgan fingerprint density at radius 1 is 1.26 bits per heavy atom. The second kappa shape index (κ2) is 4.66. The fourth-order valence-corrected chi connectivity index (χ4v) is 2.82. The number of likely N-dealkylation sites (N-methyl/N-ethyl adjacent to an activating group) is 1. The van der Waals surface area contributed by atoms with Crippen LogP contribution in [0.3, 0.4) is 0 Å². The summed E-state index contributed by atoms with van der Waals surface area (Å²) in [4.78, 5) is 6.56. The van der Waals surface area contributed by atoms with E-state index in [-0.39, 0.29) is 12.1 Å². The van der Waals surface area contributed by atoms with Gasteiger partial charge in [-0.05, 0) is 36.0 Å². The molecule has 0 aromatic carbocycles. The van der Waals surface area contributed by atoms with Crippen molar-refractivity contribution in [3.8, 4) is 0 Å². The Labute approximate surface area is 118 Å². The lowest BCUT2D eigenvalue weighted by Gasteiger charge is -2.23. The molecular formula is C14H16N4S. The van der Waals surface area contributed by atoms with Crippen molar-refractivity contribution in [1.82, 2.24) is 19.8 Å². The second-order valence-corrected chi connectivity index (χ2v) is 5.23. The summed E-state index contributed by atoms with van der Waals surface area (Å²) in [6, 6.07) is 8.39. The molecule has 2 aromatic rings. The summed E-state index contributed by atoms with van der Waals surface area (Å²) in [5.74, 6) is 0. The van der Waals surface area contributed by atoms with Crippen molar-refractivity contribution < 1.29 is 0 Å². The molecule has 3 rings (SSSR count). The quantitative estimate of drug-likeness (QED) is 0.848. The van der Waals surface area contributed by atoms with Gasteiger partial charge in [-0.25, -0.2) is 0 Å².